The molecular weight excluding hydrogens is 404 g/mol. The summed E-state index contributed by atoms with van der Waals surface area (Å²) in [5.74, 6) is 2.67. The number of benzene rings is 1. The summed E-state index contributed by atoms with van der Waals surface area (Å²) < 4.78 is 7.46. The molecule has 9 nitrogen and oxygen atoms in total. The Morgan fingerprint density at radius 3 is 2.62 bits per heavy atom. The number of nitrogens with zero attached hydrogens (tertiary/aromatic N) is 6. The summed E-state index contributed by atoms with van der Waals surface area (Å²) in [6.07, 6.45) is 5.51. The molecule has 0 amide bonds. The maximum atomic E-state index is 5.60. The predicted molar refractivity (Wildman–Crippen MR) is 126 cm³/mol. The summed E-state index contributed by atoms with van der Waals surface area (Å²) in [6.45, 7) is 6.31. The smallest absolute Gasteiger partial charge is 0.227 e. The van der Waals surface area contributed by atoms with Crippen LogP contribution in [0.1, 0.15) is 32.4 Å². The summed E-state index contributed by atoms with van der Waals surface area (Å²) in [4.78, 5) is 14.0. The largest absolute Gasteiger partial charge is 0.495 e. The van der Waals surface area contributed by atoms with E-state index < -0.39 is 0 Å². The lowest BCUT2D eigenvalue weighted by atomic mass is 10.1. The molecule has 0 aliphatic heterocycles. The Hall–Kier alpha value is -3.75. The van der Waals surface area contributed by atoms with Crippen molar-refractivity contribution in [1.29, 1.82) is 0 Å². The Morgan fingerprint density at radius 1 is 1.12 bits per heavy atom. The SMILES string of the molecule is CCC(CC)Nc1nc(C)cc2cnc(Nc3ccc(-c4nncn4C)cc3OC)nc12. The molecule has 0 aliphatic carbocycles. The van der Waals surface area contributed by atoms with E-state index in [4.69, 9.17) is 14.7 Å². The molecule has 166 valence electrons. The van der Waals surface area contributed by atoms with Gasteiger partial charge in [-0.25, -0.2) is 15.0 Å². The number of pyridine rings is 1. The summed E-state index contributed by atoms with van der Waals surface area (Å²) in [7, 11) is 3.53. The third kappa shape index (κ3) is 4.32. The molecule has 9 heteroatoms. The van der Waals surface area contributed by atoms with Gasteiger partial charge >= 0.3 is 0 Å². The zero-order valence-electron chi connectivity index (χ0n) is 19.0. The van der Waals surface area contributed by atoms with Crippen molar-refractivity contribution >= 4 is 28.4 Å². The second kappa shape index (κ2) is 9.17. The molecule has 0 fully saturated rings. The Balaban J connectivity index is 1.68. The number of anilines is 3. The minimum absolute atomic E-state index is 0.340. The normalized spacial score (nSPS) is 11.2. The van der Waals surface area contributed by atoms with Crippen molar-refractivity contribution in [3.05, 3.63) is 42.5 Å². The number of methoxy groups -OCH3 is 1. The first-order chi connectivity index (χ1) is 15.5. The van der Waals surface area contributed by atoms with Crippen LogP contribution in [0.4, 0.5) is 17.5 Å². The van der Waals surface area contributed by atoms with E-state index in [1.54, 1.807) is 13.4 Å². The number of aromatic nitrogens is 6. The first-order valence-electron chi connectivity index (χ1n) is 10.7. The zero-order valence-corrected chi connectivity index (χ0v) is 19.0. The molecule has 0 aliphatic rings. The average Bonchev–Trinajstić information content (AvgIpc) is 3.23. The van der Waals surface area contributed by atoms with Gasteiger partial charge in [-0.1, -0.05) is 13.8 Å². The summed E-state index contributed by atoms with van der Waals surface area (Å²) in [6, 6.07) is 8.13. The van der Waals surface area contributed by atoms with Crippen molar-refractivity contribution in [3.63, 3.8) is 0 Å². The van der Waals surface area contributed by atoms with E-state index in [2.05, 4.69) is 39.7 Å². The molecule has 1 aromatic carbocycles. The van der Waals surface area contributed by atoms with Gasteiger partial charge < -0.3 is 19.9 Å². The average molecular weight is 433 g/mol. The van der Waals surface area contributed by atoms with E-state index >= 15 is 0 Å². The minimum atomic E-state index is 0.340. The molecule has 0 bridgehead atoms. The van der Waals surface area contributed by atoms with Gasteiger partial charge in [0.25, 0.3) is 0 Å². The molecule has 3 aromatic heterocycles. The first-order valence-corrected chi connectivity index (χ1v) is 10.7. The van der Waals surface area contributed by atoms with Gasteiger partial charge in [0.15, 0.2) is 11.6 Å². The van der Waals surface area contributed by atoms with Crippen LogP contribution >= 0.6 is 0 Å². The van der Waals surface area contributed by atoms with Gasteiger partial charge in [0.05, 0.1) is 12.8 Å². The van der Waals surface area contributed by atoms with E-state index in [9.17, 15) is 0 Å². The number of fused-ring (bicyclic) bond motifs is 1. The number of aryl methyl sites for hydroxylation is 2. The van der Waals surface area contributed by atoms with Gasteiger partial charge in [0.2, 0.25) is 5.95 Å². The molecule has 0 radical (unpaired) electrons. The Labute approximate surface area is 187 Å². The van der Waals surface area contributed by atoms with Crippen LogP contribution in [0.15, 0.2) is 36.8 Å². The Morgan fingerprint density at radius 2 is 1.94 bits per heavy atom. The number of nitrogens with one attached hydrogen (secondary N) is 2. The zero-order chi connectivity index (χ0) is 22.7. The monoisotopic (exact) mass is 432 g/mol. The molecule has 4 aromatic rings. The molecule has 2 N–H and O–H groups in total. The fourth-order valence-corrected chi connectivity index (χ4v) is 3.62. The van der Waals surface area contributed by atoms with E-state index in [-0.39, 0.29) is 0 Å². The molecule has 3 heterocycles. The van der Waals surface area contributed by atoms with Crippen LogP contribution in [0.3, 0.4) is 0 Å². The van der Waals surface area contributed by atoms with Gasteiger partial charge in [-0.15, -0.1) is 10.2 Å². The van der Waals surface area contributed by atoms with E-state index in [0.29, 0.717) is 17.7 Å². The molecule has 0 saturated heterocycles. The van der Waals surface area contributed by atoms with Crippen molar-refractivity contribution in [1.82, 2.24) is 29.7 Å². The highest BCUT2D eigenvalue weighted by molar-refractivity contribution is 5.89. The predicted octanol–water partition coefficient (Wildman–Crippen LogP) is 4.48. The van der Waals surface area contributed by atoms with Gasteiger partial charge in [0.1, 0.15) is 17.6 Å². The number of hydrogen-bond acceptors (Lipinski definition) is 8. The van der Waals surface area contributed by atoms with Crippen molar-refractivity contribution in [2.24, 2.45) is 7.05 Å². The summed E-state index contributed by atoms with van der Waals surface area (Å²) >= 11 is 0. The van der Waals surface area contributed by atoms with Crippen LogP contribution in [-0.4, -0.2) is 42.9 Å². The molecule has 0 atom stereocenters. The highest BCUT2D eigenvalue weighted by Crippen LogP contribution is 2.32. The van der Waals surface area contributed by atoms with E-state index in [1.165, 1.54) is 0 Å². The van der Waals surface area contributed by atoms with Gasteiger partial charge in [-0.2, -0.15) is 0 Å². The van der Waals surface area contributed by atoms with Crippen LogP contribution in [0.25, 0.3) is 22.3 Å². The Kier molecular flexibility index (Phi) is 6.16. The lowest BCUT2D eigenvalue weighted by Gasteiger charge is -2.17. The van der Waals surface area contributed by atoms with Gasteiger partial charge in [-0.3, -0.25) is 0 Å². The fourth-order valence-electron chi connectivity index (χ4n) is 3.62. The summed E-state index contributed by atoms with van der Waals surface area (Å²) in [5.41, 5.74) is 3.38. The molecule has 4 rings (SSSR count). The molecule has 0 unspecified atom stereocenters. The topological polar surface area (TPSA) is 103 Å². The van der Waals surface area contributed by atoms with Crippen molar-refractivity contribution in [2.75, 3.05) is 17.7 Å². The number of ether oxygens (including phenoxy) is 1. The second-order valence-electron chi connectivity index (χ2n) is 7.71. The fraction of sp³-hybridized carbons (Fsp3) is 0.348. The van der Waals surface area contributed by atoms with Crippen molar-refractivity contribution in [2.45, 2.75) is 39.7 Å². The van der Waals surface area contributed by atoms with Crippen LogP contribution in [-0.2, 0) is 7.05 Å². The maximum Gasteiger partial charge on any atom is 0.227 e. The minimum Gasteiger partial charge on any atom is -0.495 e. The van der Waals surface area contributed by atoms with Gasteiger partial charge in [0, 0.05) is 35.9 Å². The van der Waals surface area contributed by atoms with E-state index in [1.807, 2.05) is 49.0 Å². The first kappa shape index (κ1) is 21.5. The third-order valence-corrected chi connectivity index (χ3v) is 5.44. The van der Waals surface area contributed by atoms with Crippen molar-refractivity contribution < 1.29 is 4.74 Å². The van der Waals surface area contributed by atoms with E-state index in [0.717, 1.165) is 52.3 Å². The molecule has 0 spiro atoms. The lowest BCUT2D eigenvalue weighted by Crippen LogP contribution is -2.18. The number of hydrogen-bond donors (Lipinski definition) is 2. The summed E-state index contributed by atoms with van der Waals surface area (Å²) in [5, 5.41) is 15.9. The second-order valence-corrected chi connectivity index (χ2v) is 7.71. The van der Waals surface area contributed by atoms with Crippen LogP contribution in [0.2, 0.25) is 0 Å². The Bertz CT molecular complexity index is 1230. The third-order valence-electron chi connectivity index (χ3n) is 5.44. The number of rotatable bonds is 8. The lowest BCUT2D eigenvalue weighted by molar-refractivity contribution is 0.417. The standard InChI is InChI=1S/C23H28N8O/c1-6-17(7-2)27-21-20-16(10-14(3)26-21)12-24-23(29-20)28-18-9-8-15(11-19(18)32-5)22-30-25-13-31(22)4/h8-13,17H,6-7H2,1-5H3,(H,26,27)(H,24,28,29). The molecular formula is C23H28N8O. The van der Waals surface area contributed by atoms with Gasteiger partial charge in [-0.05, 0) is 44.0 Å². The van der Waals surface area contributed by atoms with Crippen LogP contribution in [0.5, 0.6) is 5.75 Å². The molecule has 32 heavy (non-hydrogen) atoms. The highest BCUT2D eigenvalue weighted by atomic mass is 16.5. The maximum absolute atomic E-state index is 5.60. The highest BCUT2D eigenvalue weighted by Gasteiger charge is 2.14. The van der Waals surface area contributed by atoms with Crippen LogP contribution in [0, 0.1) is 6.92 Å². The van der Waals surface area contributed by atoms with Crippen LogP contribution < -0.4 is 15.4 Å². The van der Waals surface area contributed by atoms with Crippen molar-refractivity contribution in [3.8, 4) is 17.1 Å². The molecule has 0 saturated carbocycles. The quantitative estimate of drug-likeness (QED) is 0.420.